The summed E-state index contributed by atoms with van der Waals surface area (Å²) in [6, 6.07) is 1.50. The normalized spacial score (nSPS) is 18.3. The zero-order valence-corrected chi connectivity index (χ0v) is 12.2. The summed E-state index contributed by atoms with van der Waals surface area (Å²) in [4.78, 5) is 28.4. The van der Waals surface area contributed by atoms with E-state index >= 15 is 0 Å². The van der Waals surface area contributed by atoms with Crippen molar-refractivity contribution < 1.29 is 14.7 Å². The number of carboxylic acids is 1. The van der Waals surface area contributed by atoms with Gasteiger partial charge in [0.2, 0.25) is 0 Å². The number of halogens is 2. The van der Waals surface area contributed by atoms with Crippen molar-refractivity contribution in [1.82, 2.24) is 9.88 Å². The van der Waals surface area contributed by atoms with Crippen LogP contribution in [-0.4, -0.2) is 40.0 Å². The standard InChI is InChI=1S/C13H14Cl2N2O3/c14-10-5-9(6-16-12(10)15)13(20)17-4-3-8(7-17)1-2-11(18)19/h5-6,8H,1-4,7H2,(H,18,19). The molecule has 108 valence electrons. The molecule has 0 aromatic carbocycles. The Balaban J connectivity index is 1.97. The van der Waals surface area contributed by atoms with Gasteiger partial charge in [0.05, 0.1) is 10.6 Å². The van der Waals surface area contributed by atoms with Crippen molar-refractivity contribution in [1.29, 1.82) is 0 Å². The molecule has 2 rings (SSSR count). The molecule has 1 saturated heterocycles. The summed E-state index contributed by atoms with van der Waals surface area (Å²) in [6.45, 7) is 1.20. The Labute approximate surface area is 126 Å². The van der Waals surface area contributed by atoms with Crippen LogP contribution in [0.3, 0.4) is 0 Å². The Kier molecular flexibility index (Phi) is 4.83. The maximum absolute atomic E-state index is 12.3. The molecule has 0 bridgehead atoms. The Bertz CT molecular complexity index is 536. The van der Waals surface area contributed by atoms with Crippen molar-refractivity contribution in [2.45, 2.75) is 19.3 Å². The number of aromatic nitrogens is 1. The van der Waals surface area contributed by atoms with Gasteiger partial charge >= 0.3 is 5.97 Å². The Hall–Kier alpha value is -1.33. The topological polar surface area (TPSA) is 70.5 Å². The van der Waals surface area contributed by atoms with E-state index in [0.717, 1.165) is 6.42 Å². The van der Waals surface area contributed by atoms with Gasteiger partial charge in [0.1, 0.15) is 5.15 Å². The van der Waals surface area contributed by atoms with E-state index < -0.39 is 5.97 Å². The lowest BCUT2D eigenvalue weighted by molar-refractivity contribution is -0.137. The van der Waals surface area contributed by atoms with Gasteiger partial charge in [0.15, 0.2) is 0 Å². The van der Waals surface area contributed by atoms with Crippen molar-refractivity contribution in [2.75, 3.05) is 13.1 Å². The number of hydrogen-bond donors (Lipinski definition) is 1. The highest BCUT2D eigenvalue weighted by Gasteiger charge is 2.27. The zero-order chi connectivity index (χ0) is 14.7. The third kappa shape index (κ3) is 3.61. The first-order chi connectivity index (χ1) is 9.47. The quantitative estimate of drug-likeness (QED) is 0.867. The lowest BCUT2D eigenvalue weighted by Crippen LogP contribution is -2.28. The van der Waals surface area contributed by atoms with Gasteiger partial charge in [-0.25, -0.2) is 4.98 Å². The van der Waals surface area contributed by atoms with Crippen molar-refractivity contribution in [3.63, 3.8) is 0 Å². The minimum atomic E-state index is -0.802. The summed E-state index contributed by atoms with van der Waals surface area (Å²) < 4.78 is 0. The molecule has 1 amide bonds. The zero-order valence-electron chi connectivity index (χ0n) is 10.7. The molecule has 0 radical (unpaired) electrons. The van der Waals surface area contributed by atoms with Crippen LogP contribution in [0.25, 0.3) is 0 Å². The lowest BCUT2D eigenvalue weighted by Gasteiger charge is -2.16. The monoisotopic (exact) mass is 316 g/mol. The molecule has 2 heterocycles. The lowest BCUT2D eigenvalue weighted by atomic mass is 10.0. The molecule has 1 aromatic rings. The fourth-order valence-electron chi connectivity index (χ4n) is 2.30. The van der Waals surface area contributed by atoms with Crippen molar-refractivity contribution in [2.24, 2.45) is 5.92 Å². The Morgan fingerprint density at radius 1 is 1.45 bits per heavy atom. The van der Waals surface area contributed by atoms with Gasteiger partial charge in [0.25, 0.3) is 5.91 Å². The average molecular weight is 317 g/mol. The first-order valence-corrected chi connectivity index (χ1v) is 7.05. The maximum Gasteiger partial charge on any atom is 0.303 e. The average Bonchev–Trinajstić information content (AvgIpc) is 2.87. The van der Waals surface area contributed by atoms with E-state index in [0.29, 0.717) is 25.1 Å². The van der Waals surface area contributed by atoms with Crippen LogP contribution >= 0.6 is 23.2 Å². The number of hydrogen-bond acceptors (Lipinski definition) is 3. The second-order valence-electron chi connectivity index (χ2n) is 4.83. The van der Waals surface area contributed by atoms with Crippen LogP contribution in [0.1, 0.15) is 29.6 Å². The summed E-state index contributed by atoms with van der Waals surface area (Å²) in [5, 5.41) is 9.09. The minimum absolute atomic E-state index is 0.140. The highest BCUT2D eigenvalue weighted by molar-refractivity contribution is 6.41. The van der Waals surface area contributed by atoms with Crippen molar-refractivity contribution >= 4 is 35.1 Å². The molecule has 1 atom stereocenters. The van der Waals surface area contributed by atoms with E-state index in [2.05, 4.69) is 4.98 Å². The maximum atomic E-state index is 12.3. The molecule has 1 aromatic heterocycles. The second-order valence-corrected chi connectivity index (χ2v) is 5.60. The highest BCUT2D eigenvalue weighted by atomic mass is 35.5. The summed E-state index contributed by atoms with van der Waals surface area (Å²) in [5.41, 5.74) is 0.401. The number of carbonyl (C=O) groups is 2. The van der Waals surface area contributed by atoms with Crippen molar-refractivity contribution in [3.05, 3.63) is 28.0 Å². The van der Waals surface area contributed by atoms with E-state index in [4.69, 9.17) is 28.3 Å². The SMILES string of the molecule is O=C(O)CCC1CCN(C(=O)c2cnc(Cl)c(Cl)c2)C1. The molecule has 0 aliphatic carbocycles. The molecule has 1 fully saturated rings. The van der Waals surface area contributed by atoms with Gasteiger partial charge in [-0.2, -0.15) is 0 Å². The van der Waals surface area contributed by atoms with Crippen LogP contribution in [0.5, 0.6) is 0 Å². The molecule has 1 aliphatic rings. The van der Waals surface area contributed by atoms with Gasteiger partial charge in [-0.15, -0.1) is 0 Å². The molecule has 1 unspecified atom stereocenters. The van der Waals surface area contributed by atoms with Gasteiger partial charge in [-0.1, -0.05) is 23.2 Å². The number of aliphatic carboxylic acids is 1. The number of rotatable bonds is 4. The minimum Gasteiger partial charge on any atom is -0.481 e. The molecule has 0 spiro atoms. The Morgan fingerprint density at radius 3 is 2.85 bits per heavy atom. The third-order valence-electron chi connectivity index (χ3n) is 3.38. The van der Waals surface area contributed by atoms with Gasteiger partial charge in [0, 0.05) is 25.7 Å². The number of carbonyl (C=O) groups excluding carboxylic acids is 1. The van der Waals surface area contributed by atoms with Gasteiger partial charge in [-0.3, -0.25) is 9.59 Å². The highest BCUT2D eigenvalue weighted by Crippen LogP contribution is 2.25. The fourth-order valence-corrected chi connectivity index (χ4v) is 2.57. The summed E-state index contributed by atoms with van der Waals surface area (Å²) >= 11 is 11.6. The first kappa shape index (κ1) is 15.1. The first-order valence-electron chi connectivity index (χ1n) is 6.29. The largest absolute Gasteiger partial charge is 0.481 e. The molecule has 1 aliphatic heterocycles. The summed E-state index contributed by atoms with van der Waals surface area (Å²) in [7, 11) is 0. The van der Waals surface area contributed by atoms with E-state index in [-0.39, 0.29) is 28.4 Å². The van der Waals surface area contributed by atoms with Crippen LogP contribution in [-0.2, 0) is 4.79 Å². The van der Waals surface area contributed by atoms with Crippen LogP contribution in [0.2, 0.25) is 10.2 Å². The number of carboxylic acid groups (broad SMARTS) is 1. The Morgan fingerprint density at radius 2 is 2.20 bits per heavy atom. The molecule has 1 N–H and O–H groups in total. The number of amides is 1. The van der Waals surface area contributed by atoms with Crippen LogP contribution < -0.4 is 0 Å². The number of likely N-dealkylation sites (tertiary alicyclic amines) is 1. The molecule has 20 heavy (non-hydrogen) atoms. The fraction of sp³-hybridized carbons (Fsp3) is 0.462. The van der Waals surface area contributed by atoms with Crippen LogP contribution in [0, 0.1) is 5.92 Å². The predicted octanol–water partition coefficient (Wildman–Crippen LogP) is 2.72. The van der Waals surface area contributed by atoms with Gasteiger partial charge < -0.3 is 10.0 Å². The third-order valence-corrected chi connectivity index (χ3v) is 4.07. The molecular weight excluding hydrogens is 303 g/mol. The molecule has 0 saturated carbocycles. The smallest absolute Gasteiger partial charge is 0.303 e. The van der Waals surface area contributed by atoms with Crippen LogP contribution in [0.15, 0.2) is 12.3 Å². The van der Waals surface area contributed by atoms with E-state index in [1.807, 2.05) is 0 Å². The predicted molar refractivity (Wildman–Crippen MR) is 75.1 cm³/mol. The van der Waals surface area contributed by atoms with Crippen molar-refractivity contribution in [3.8, 4) is 0 Å². The van der Waals surface area contributed by atoms with Crippen LogP contribution in [0.4, 0.5) is 0 Å². The summed E-state index contributed by atoms with van der Waals surface area (Å²) in [6.07, 6.45) is 2.97. The van der Waals surface area contributed by atoms with E-state index in [9.17, 15) is 9.59 Å². The van der Waals surface area contributed by atoms with E-state index in [1.54, 1.807) is 4.90 Å². The summed E-state index contributed by atoms with van der Waals surface area (Å²) in [5.74, 6) is -0.705. The number of nitrogens with zero attached hydrogens (tertiary/aromatic N) is 2. The van der Waals surface area contributed by atoms with Gasteiger partial charge in [-0.05, 0) is 24.8 Å². The number of pyridine rings is 1. The molecule has 5 nitrogen and oxygen atoms in total. The second kappa shape index (κ2) is 6.41. The molecular formula is C13H14Cl2N2O3. The van der Waals surface area contributed by atoms with E-state index in [1.165, 1.54) is 12.3 Å². The molecule has 7 heteroatoms.